The van der Waals surface area contributed by atoms with Gasteiger partial charge in [0.05, 0.1) is 18.0 Å². The fourth-order valence-corrected chi connectivity index (χ4v) is 8.42. The van der Waals surface area contributed by atoms with E-state index in [9.17, 15) is 13.2 Å². The van der Waals surface area contributed by atoms with Crippen molar-refractivity contribution in [1.82, 2.24) is 9.62 Å². The summed E-state index contributed by atoms with van der Waals surface area (Å²) >= 11 is 6.14. The van der Waals surface area contributed by atoms with Crippen LogP contribution >= 0.6 is 11.6 Å². The van der Waals surface area contributed by atoms with Crippen LogP contribution in [0.5, 0.6) is 0 Å². The highest BCUT2D eigenvalue weighted by Crippen LogP contribution is 2.39. The van der Waals surface area contributed by atoms with Gasteiger partial charge in [-0.05, 0) is 94.0 Å². The summed E-state index contributed by atoms with van der Waals surface area (Å²) in [6.45, 7) is 5.74. The van der Waals surface area contributed by atoms with E-state index in [-0.39, 0.29) is 47.6 Å². The molecule has 2 aromatic rings. The Morgan fingerprint density at radius 3 is 2.73 bits per heavy atom. The number of benzene rings is 2. The molecule has 0 saturated carbocycles. The third-order valence-corrected chi connectivity index (χ3v) is 11.2. The number of sulfonamides is 1. The SMILES string of the molecule is CC1(C)CCC(C(CC(=O)Nc2cccc(F)c2CCC2CNC3CCCS(=O)(=O)N2C3)c2ccc(Cl)cc2)CO1. The van der Waals surface area contributed by atoms with Crippen LogP contribution < -0.4 is 10.6 Å². The van der Waals surface area contributed by atoms with Gasteiger partial charge in [-0.2, -0.15) is 4.31 Å². The van der Waals surface area contributed by atoms with Gasteiger partial charge in [-0.25, -0.2) is 12.8 Å². The molecule has 5 rings (SSSR count). The first-order chi connectivity index (χ1) is 19.5. The molecule has 3 fully saturated rings. The maximum absolute atomic E-state index is 15.1. The van der Waals surface area contributed by atoms with Crippen molar-refractivity contribution < 1.29 is 22.3 Å². The molecule has 10 heteroatoms. The standard InChI is InChI=1S/C31H41ClFN3O4S/c1-31(2)15-14-22(20-40-31)27(21-8-10-23(32)11-9-21)17-30(37)35-29-7-3-6-28(33)26(29)13-12-25-18-34-24-5-4-16-41(38,39)36(25)19-24/h3,6-11,22,24-25,27,34H,4-5,12-20H2,1-2H3,(H,35,37). The number of amides is 1. The summed E-state index contributed by atoms with van der Waals surface area (Å²) in [5, 5.41) is 7.09. The average Bonchev–Trinajstić information content (AvgIpc) is 3.04. The van der Waals surface area contributed by atoms with E-state index in [1.54, 1.807) is 16.4 Å². The number of carbonyl (C=O) groups excluding carboxylic acids is 1. The number of hydrogen-bond acceptors (Lipinski definition) is 5. The second-order valence-corrected chi connectivity index (χ2v) is 14.8. The number of nitrogens with one attached hydrogen (secondary N) is 2. The van der Waals surface area contributed by atoms with Gasteiger partial charge >= 0.3 is 0 Å². The second-order valence-electron chi connectivity index (χ2n) is 12.4. The van der Waals surface area contributed by atoms with Gasteiger partial charge in [0.2, 0.25) is 15.9 Å². The minimum atomic E-state index is -3.33. The Hall–Kier alpha value is -2.04. The highest BCUT2D eigenvalue weighted by atomic mass is 35.5. The lowest BCUT2D eigenvalue weighted by atomic mass is 9.78. The van der Waals surface area contributed by atoms with Crippen molar-refractivity contribution in [3.05, 3.63) is 64.4 Å². The van der Waals surface area contributed by atoms with Crippen molar-refractivity contribution in [3.8, 4) is 0 Å². The molecule has 1 amide bonds. The predicted octanol–water partition coefficient (Wildman–Crippen LogP) is 5.50. The molecule has 0 aliphatic carbocycles. The minimum absolute atomic E-state index is 0.0742. The number of rotatable bonds is 8. The molecular weight excluding hydrogens is 565 g/mol. The number of halogens is 2. The topological polar surface area (TPSA) is 87.7 Å². The Morgan fingerprint density at radius 2 is 2.00 bits per heavy atom. The van der Waals surface area contributed by atoms with Crippen LogP contribution in [-0.4, -0.2) is 61.8 Å². The molecule has 41 heavy (non-hydrogen) atoms. The fourth-order valence-electron chi connectivity index (χ4n) is 6.49. The highest BCUT2D eigenvalue weighted by Gasteiger charge is 2.38. The van der Waals surface area contributed by atoms with Crippen molar-refractivity contribution in [3.63, 3.8) is 0 Å². The Labute approximate surface area is 248 Å². The van der Waals surface area contributed by atoms with Crippen LogP contribution in [0.1, 0.15) is 69.4 Å². The van der Waals surface area contributed by atoms with Crippen LogP contribution in [0.25, 0.3) is 0 Å². The monoisotopic (exact) mass is 605 g/mol. The fraction of sp³-hybridized carbons (Fsp3) is 0.581. The average molecular weight is 606 g/mol. The van der Waals surface area contributed by atoms with Crippen LogP contribution in [0.4, 0.5) is 10.1 Å². The van der Waals surface area contributed by atoms with Gasteiger partial charge in [-0.15, -0.1) is 0 Å². The molecule has 3 aliphatic rings. The molecule has 5 atom stereocenters. The van der Waals surface area contributed by atoms with Crippen molar-refractivity contribution in [2.24, 2.45) is 5.92 Å². The molecule has 2 N–H and O–H groups in total. The summed E-state index contributed by atoms with van der Waals surface area (Å²) in [6.07, 6.45) is 4.34. The Balaban J connectivity index is 1.29. The van der Waals surface area contributed by atoms with Gasteiger partial charge < -0.3 is 15.4 Å². The van der Waals surface area contributed by atoms with Crippen molar-refractivity contribution in [2.75, 3.05) is 30.8 Å². The third kappa shape index (κ3) is 7.49. The van der Waals surface area contributed by atoms with Crippen molar-refractivity contribution in [2.45, 2.75) is 82.4 Å². The zero-order valence-corrected chi connectivity index (χ0v) is 25.4. The number of fused-ring (bicyclic) bond motifs is 2. The second kappa shape index (κ2) is 12.7. The lowest BCUT2D eigenvalue weighted by Crippen LogP contribution is -2.57. The van der Waals surface area contributed by atoms with Crippen LogP contribution in [0.15, 0.2) is 42.5 Å². The molecule has 0 spiro atoms. The summed E-state index contributed by atoms with van der Waals surface area (Å²) < 4.78 is 48.6. The predicted molar refractivity (Wildman–Crippen MR) is 160 cm³/mol. The molecule has 224 valence electrons. The molecule has 2 aromatic carbocycles. The first-order valence-corrected chi connectivity index (χ1v) is 16.7. The van der Waals surface area contributed by atoms with E-state index in [1.807, 2.05) is 24.3 Å². The Bertz CT molecular complexity index is 1330. The van der Waals surface area contributed by atoms with Gasteiger partial charge in [-0.3, -0.25) is 4.79 Å². The van der Waals surface area contributed by atoms with Crippen LogP contribution in [0.2, 0.25) is 5.02 Å². The number of nitrogens with zero attached hydrogens (tertiary/aromatic N) is 1. The van der Waals surface area contributed by atoms with Crippen LogP contribution in [0.3, 0.4) is 0 Å². The Morgan fingerprint density at radius 1 is 1.22 bits per heavy atom. The van der Waals surface area contributed by atoms with Crippen LogP contribution in [0, 0.1) is 11.7 Å². The van der Waals surface area contributed by atoms with Gasteiger partial charge in [0.1, 0.15) is 5.82 Å². The quantitative estimate of drug-likeness (QED) is 0.415. The molecule has 7 nitrogen and oxygen atoms in total. The summed E-state index contributed by atoms with van der Waals surface area (Å²) in [7, 11) is -3.33. The zero-order chi connectivity index (χ0) is 29.2. The molecule has 0 radical (unpaired) electrons. The first-order valence-electron chi connectivity index (χ1n) is 14.7. The summed E-state index contributed by atoms with van der Waals surface area (Å²) in [5.74, 6) is -0.352. The molecule has 2 bridgehead atoms. The highest BCUT2D eigenvalue weighted by molar-refractivity contribution is 7.89. The lowest BCUT2D eigenvalue weighted by Gasteiger charge is -2.38. The maximum Gasteiger partial charge on any atom is 0.225 e. The molecule has 0 aromatic heterocycles. The summed E-state index contributed by atoms with van der Waals surface area (Å²) in [6, 6.07) is 12.2. The largest absolute Gasteiger partial charge is 0.375 e. The number of hydrogen-bond donors (Lipinski definition) is 2. The number of anilines is 1. The third-order valence-electron chi connectivity index (χ3n) is 8.96. The Kier molecular flexibility index (Phi) is 9.40. The van der Waals surface area contributed by atoms with E-state index in [1.165, 1.54) is 6.07 Å². The van der Waals surface area contributed by atoms with Gasteiger partial charge in [0.15, 0.2) is 0 Å². The van der Waals surface area contributed by atoms with E-state index < -0.39 is 15.8 Å². The molecule has 3 aliphatic heterocycles. The van der Waals surface area contributed by atoms with E-state index in [2.05, 4.69) is 24.5 Å². The van der Waals surface area contributed by atoms with Gasteiger partial charge in [-0.1, -0.05) is 29.8 Å². The van der Waals surface area contributed by atoms with Crippen LogP contribution in [-0.2, 0) is 26.0 Å². The first kappa shape index (κ1) is 30.4. The molecule has 3 saturated heterocycles. The van der Waals surface area contributed by atoms with Crippen molar-refractivity contribution >= 4 is 33.2 Å². The van der Waals surface area contributed by atoms with E-state index in [0.29, 0.717) is 55.2 Å². The number of carbonyl (C=O) groups is 1. The zero-order valence-electron chi connectivity index (χ0n) is 23.9. The minimum Gasteiger partial charge on any atom is -0.375 e. The van der Waals surface area contributed by atoms with E-state index in [4.69, 9.17) is 16.3 Å². The van der Waals surface area contributed by atoms with E-state index in [0.717, 1.165) is 24.8 Å². The number of piperazine rings is 1. The summed E-state index contributed by atoms with van der Waals surface area (Å²) in [4.78, 5) is 13.5. The molecule has 5 unspecified atom stereocenters. The van der Waals surface area contributed by atoms with Crippen molar-refractivity contribution in [1.29, 1.82) is 0 Å². The molecular formula is C31H41ClFN3O4S. The van der Waals surface area contributed by atoms with Gasteiger partial charge in [0.25, 0.3) is 0 Å². The maximum atomic E-state index is 15.1. The molecule has 3 heterocycles. The summed E-state index contributed by atoms with van der Waals surface area (Å²) in [5.41, 5.74) is 1.69. The number of ether oxygens (including phenoxy) is 1. The van der Waals surface area contributed by atoms with E-state index >= 15 is 4.39 Å². The van der Waals surface area contributed by atoms with Gasteiger partial charge in [0, 0.05) is 47.9 Å². The smallest absolute Gasteiger partial charge is 0.225 e. The lowest BCUT2D eigenvalue weighted by molar-refractivity contribution is -0.118. The normalized spacial score (nSPS) is 27.9.